The van der Waals surface area contributed by atoms with Crippen molar-refractivity contribution in [3.8, 4) is 0 Å². The predicted octanol–water partition coefficient (Wildman–Crippen LogP) is 1.20. The molecule has 3 heterocycles. The van der Waals surface area contributed by atoms with E-state index in [1.54, 1.807) is 11.0 Å². The smallest absolute Gasteiger partial charge is 0.255 e. The summed E-state index contributed by atoms with van der Waals surface area (Å²) < 4.78 is 11.4. The highest BCUT2D eigenvalue weighted by atomic mass is 16.7. The van der Waals surface area contributed by atoms with Crippen LogP contribution in [-0.2, 0) is 9.47 Å². The molecule has 0 aliphatic carbocycles. The number of aromatic nitrogens is 1. The molecule has 1 aromatic rings. The molecule has 2 fully saturated rings. The number of ether oxygens (including phenoxy) is 2. The van der Waals surface area contributed by atoms with Gasteiger partial charge in [0.1, 0.15) is 0 Å². The lowest BCUT2D eigenvalue weighted by Crippen LogP contribution is -2.47. The van der Waals surface area contributed by atoms with Crippen molar-refractivity contribution in [1.82, 2.24) is 15.2 Å². The van der Waals surface area contributed by atoms with Crippen molar-refractivity contribution in [3.63, 3.8) is 0 Å². The second-order valence-corrected chi connectivity index (χ2v) is 6.12. The van der Waals surface area contributed by atoms with Crippen LogP contribution in [0.1, 0.15) is 46.9 Å². The highest BCUT2D eigenvalue weighted by molar-refractivity contribution is 5.99. The first kappa shape index (κ1) is 16.9. The monoisotopic (exact) mass is 333 g/mol. The Labute approximate surface area is 141 Å². The highest BCUT2D eigenvalue weighted by Crippen LogP contribution is 2.31. The molecule has 1 aromatic heterocycles. The molecule has 24 heavy (non-hydrogen) atoms. The first-order valence-electron chi connectivity index (χ1n) is 8.44. The van der Waals surface area contributed by atoms with Crippen molar-refractivity contribution in [2.75, 3.05) is 32.8 Å². The number of carbonyl (C=O) groups is 2. The molecular formula is C17H23N3O4. The number of nitrogens with one attached hydrogen (secondary N) is 1. The van der Waals surface area contributed by atoms with Crippen LogP contribution in [0.4, 0.5) is 0 Å². The number of carbonyl (C=O) groups excluding carboxylic acids is 2. The largest absolute Gasteiger partial charge is 0.352 e. The van der Waals surface area contributed by atoms with Crippen LogP contribution in [0, 0.1) is 0 Å². The minimum Gasteiger partial charge on any atom is -0.352 e. The van der Waals surface area contributed by atoms with Gasteiger partial charge in [0, 0.05) is 44.9 Å². The minimum atomic E-state index is -0.503. The van der Waals surface area contributed by atoms with E-state index < -0.39 is 5.79 Å². The van der Waals surface area contributed by atoms with Gasteiger partial charge in [0.25, 0.3) is 11.8 Å². The average Bonchev–Trinajstić information content (AvgIpc) is 3.08. The summed E-state index contributed by atoms with van der Waals surface area (Å²) in [7, 11) is 0. The van der Waals surface area contributed by atoms with Gasteiger partial charge >= 0.3 is 0 Å². The molecule has 1 N–H and O–H groups in total. The Bertz CT molecular complexity index is 604. The molecule has 130 valence electrons. The molecule has 2 aliphatic rings. The lowest BCUT2D eigenvalue weighted by atomic mass is 10.0. The number of rotatable bonds is 4. The maximum absolute atomic E-state index is 12.7. The normalized spacial score (nSPS) is 19.5. The summed E-state index contributed by atoms with van der Waals surface area (Å²) in [6.07, 6.45) is 5.18. The zero-order valence-electron chi connectivity index (χ0n) is 13.9. The topological polar surface area (TPSA) is 80.8 Å². The van der Waals surface area contributed by atoms with Gasteiger partial charge in [-0.1, -0.05) is 6.92 Å². The third-order valence-electron chi connectivity index (χ3n) is 4.41. The lowest BCUT2D eigenvalue weighted by Gasteiger charge is -2.37. The van der Waals surface area contributed by atoms with Crippen molar-refractivity contribution in [1.29, 1.82) is 0 Å². The molecule has 3 rings (SSSR count). The van der Waals surface area contributed by atoms with Gasteiger partial charge in [-0.05, 0) is 12.5 Å². The number of pyridine rings is 1. The van der Waals surface area contributed by atoms with Crippen molar-refractivity contribution >= 4 is 11.8 Å². The second-order valence-electron chi connectivity index (χ2n) is 6.12. The van der Waals surface area contributed by atoms with Crippen LogP contribution in [-0.4, -0.2) is 60.3 Å². The van der Waals surface area contributed by atoms with E-state index in [0.717, 1.165) is 6.42 Å². The first-order valence-corrected chi connectivity index (χ1v) is 8.44. The summed E-state index contributed by atoms with van der Waals surface area (Å²) in [5.41, 5.74) is 0.841. The number of piperidine rings is 1. The maximum Gasteiger partial charge on any atom is 0.255 e. The van der Waals surface area contributed by atoms with Gasteiger partial charge in [-0.2, -0.15) is 0 Å². The fourth-order valence-corrected chi connectivity index (χ4v) is 3.04. The van der Waals surface area contributed by atoms with Crippen LogP contribution in [0.25, 0.3) is 0 Å². The third kappa shape index (κ3) is 3.57. The molecule has 0 bridgehead atoms. The number of likely N-dealkylation sites (tertiary alicyclic amines) is 1. The summed E-state index contributed by atoms with van der Waals surface area (Å²) >= 11 is 0. The number of hydrogen-bond acceptors (Lipinski definition) is 5. The number of amides is 2. The van der Waals surface area contributed by atoms with E-state index in [2.05, 4.69) is 10.3 Å². The molecular weight excluding hydrogens is 310 g/mol. The second kappa shape index (κ2) is 7.27. The third-order valence-corrected chi connectivity index (χ3v) is 4.41. The zero-order chi connectivity index (χ0) is 17.0. The molecule has 2 saturated heterocycles. The summed E-state index contributed by atoms with van der Waals surface area (Å²) in [5.74, 6) is -0.818. The fourth-order valence-electron chi connectivity index (χ4n) is 3.04. The summed E-state index contributed by atoms with van der Waals surface area (Å²) in [5, 5.41) is 2.79. The van der Waals surface area contributed by atoms with Crippen molar-refractivity contribution in [2.24, 2.45) is 0 Å². The van der Waals surface area contributed by atoms with Gasteiger partial charge in [-0.3, -0.25) is 14.6 Å². The van der Waals surface area contributed by atoms with Gasteiger partial charge in [0.05, 0.1) is 24.3 Å². The van der Waals surface area contributed by atoms with Gasteiger partial charge in [0.15, 0.2) is 5.79 Å². The Kier molecular flexibility index (Phi) is 5.11. The van der Waals surface area contributed by atoms with Crippen molar-refractivity contribution in [2.45, 2.75) is 32.0 Å². The molecule has 2 amide bonds. The minimum absolute atomic E-state index is 0.111. The first-order chi connectivity index (χ1) is 11.6. The predicted molar refractivity (Wildman–Crippen MR) is 86.6 cm³/mol. The van der Waals surface area contributed by atoms with Crippen LogP contribution in [0.2, 0.25) is 0 Å². The van der Waals surface area contributed by atoms with Crippen molar-refractivity contribution < 1.29 is 19.1 Å². The summed E-state index contributed by atoms with van der Waals surface area (Å²) in [4.78, 5) is 30.5. The van der Waals surface area contributed by atoms with Gasteiger partial charge in [-0.15, -0.1) is 0 Å². The molecule has 1 spiro atoms. The van der Waals surface area contributed by atoms with Crippen LogP contribution < -0.4 is 5.32 Å². The summed E-state index contributed by atoms with van der Waals surface area (Å²) in [6, 6.07) is 1.60. The molecule has 7 heteroatoms. The van der Waals surface area contributed by atoms with Gasteiger partial charge < -0.3 is 19.7 Å². The van der Waals surface area contributed by atoms with Crippen molar-refractivity contribution in [3.05, 3.63) is 29.6 Å². The van der Waals surface area contributed by atoms with E-state index in [1.807, 2.05) is 6.92 Å². The molecule has 2 aliphatic heterocycles. The Morgan fingerprint density at radius 1 is 1.21 bits per heavy atom. The Morgan fingerprint density at radius 2 is 1.88 bits per heavy atom. The average molecular weight is 333 g/mol. The van der Waals surface area contributed by atoms with Crippen LogP contribution in [0.15, 0.2) is 18.5 Å². The van der Waals surface area contributed by atoms with Crippen LogP contribution in [0.3, 0.4) is 0 Å². The number of hydrogen-bond donors (Lipinski definition) is 1. The molecule has 0 saturated carbocycles. The molecule has 0 atom stereocenters. The van der Waals surface area contributed by atoms with E-state index in [9.17, 15) is 9.59 Å². The standard InChI is InChI=1S/C17H23N3O4/c1-2-5-19-15(21)13-10-14(12-18-11-13)16(22)20-6-3-17(4-7-20)23-8-9-24-17/h10-12H,2-9H2,1H3,(H,19,21). The van der Waals surface area contributed by atoms with Crippen LogP contribution in [0.5, 0.6) is 0 Å². The molecule has 0 unspecified atom stereocenters. The Hall–Kier alpha value is -1.99. The summed E-state index contributed by atoms with van der Waals surface area (Å²) in [6.45, 7) is 4.97. The SMILES string of the molecule is CCCNC(=O)c1cncc(C(=O)N2CCC3(CC2)OCCO3)c1. The molecule has 7 nitrogen and oxygen atoms in total. The van der Waals surface area contributed by atoms with E-state index >= 15 is 0 Å². The van der Waals surface area contributed by atoms with Gasteiger partial charge in [-0.25, -0.2) is 0 Å². The Balaban J connectivity index is 1.64. The van der Waals surface area contributed by atoms with Crippen LogP contribution >= 0.6 is 0 Å². The van der Waals surface area contributed by atoms with E-state index in [1.165, 1.54) is 12.4 Å². The number of nitrogens with zero attached hydrogens (tertiary/aromatic N) is 2. The quantitative estimate of drug-likeness (QED) is 0.895. The highest BCUT2D eigenvalue weighted by Gasteiger charge is 2.40. The zero-order valence-corrected chi connectivity index (χ0v) is 13.9. The lowest BCUT2D eigenvalue weighted by molar-refractivity contribution is -0.181. The molecule has 0 aromatic carbocycles. The fraction of sp³-hybridized carbons (Fsp3) is 0.588. The van der Waals surface area contributed by atoms with E-state index in [-0.39, 0.29) is 11.8 Å². The maximum atomic E-state index is 12.7. The Morgan fingerprint density at radius 3 is 2.54 bits per heavy atom. The van der Waals surface area contributed by atoms with Gasteiger partial charge in [0.2, 0.25) is 0 Å². The molecule has 0 radical (unpaired) electrons. The van der Waals surface area contributed by atoms with E-state index in [4.69, 9.17) is 9.47 Å². The van der Waals surface area contributed by atoms with E-state index in [0.29, 0.717) is 56.8 Å².